The first-order valence-corrected chi connectivity index (χ1v) is 9.51. The molecule has 0 saturated heterocycles. The average molecular weight is 419 g/mol. The van der Waals surface area contributed by atoms with Crippen molar-refractivity contribution in [3.05, 3.63) is 47.5 Å². The molecule has 29 heavy (non-hydrogen) atoms. The maximum absolute atomic E-state index is 12.4. The molecule has 0 aliphatic carbocycles. The number of nitrogens with one attached hydrogen (secondary N) is 1. The van der Waals surface area contributed by atoms with Crippen LogP contribution in [0.3, 0.4) is 0 Å². The number of carbonyl (C=O) groups excluding carboxylic acids is 1. The largest absolute Gasteiger partial charge is 0.495 e. The maximum Gasteiger partial charge on any atom is 0.286 e. The first-order chi connectivity index (χ1) is 13.8. The number of hydrogen-bond donors (Lipinski definition) is 2. The summed E-state index contributed by atoms with van der Waals surface area (Å²) >= 11 is -1.87. The zero-order valence-corrected chi connectivity index (χ0v) is 17.1. The van der Waals surface area contributed by atoms with Crippen LogP contribution in [0.2, 0.25) is 0 Å². The molecule has 1 amide bonds. The fourth-order valence-electron chi connectivity index (χ4n) is 2.33. The molecule has 0 saturated carbocycles. The van der Waals surface area contributed by atoms with E-state index in [0.717, 1.165) is 5.56 Å². The smallest absolute Gasteiger partial charge is 0.286 e. The number of aryl methyl sites for hydroxylation is 1. The number of carbonyl (C=O) groups is 1. The SMILES string of the molecule is COc1ccc(C)cc1S(=O)ONc1ccc(OC(C)C(=O)N(C)O)c(C#N)c1. The van der Waals surface area contributed by atoms with Crippen LogP contribution < -0.4 is 15.0 Å². The summed E-state index contributed by atoms with van der Waals surface area (Å²) in [6, 6.07) is 11.6. The monoisotopic (exact) mass is 419 g/mol. The number of likely N-dealkylation sites (N-methyl/N-ethyl adjacent to an activating group) is 1. The number of nitriles is 1. The van der Waals surface area contributed by atoms with E-state index < -0.39 is 23.1 Å². The Morgan fingerprint density at radius 2 is 1.97 bits per heavy atom. The standard InChI is InChI=1S/C19H21N3O6S/c1-12-5-7-17(26-4)18(9-12)29(25)28-21-15-6-8-16(14(10-15)11-20)27-13(2)19(23)22(3)24/h5-10,13,21,24H,1-4H3. The summed E-state index contributed by atoms with van der Waals surface area (Å²) in [6.45, 7) is 3.30. The van der Waals surface area contributed by atoms with Crippen molar-refractivity contribution in [3.8, 4) is 17.6 Å². The van der Waals surface area contributed by atoms with Gasteiger partial charge in [0.1, 0.15) is 22.5 Å². The molecule has 0 fully saturated rings. The highest BCUT2D eigenvalue weighted by molar-refractivity contribution is 7.80. The van der Waals surface area contributed by atoms with Gasteiger partial charge in [-0.05, 0) is 49.7 Å². The van der Waals surface area contributed by atoms with E-state index >= 15 is 0 Å². The lowest BCUT2D eigenvalue weighted by atomic mass is 10.2. The second-order valence-electron chi connectivity index (χ2n) is 6.02. The molecule has 0 aliphatic rings. The van der Waals surface area contributed by atoms with Crippen LogP contribution in [0.25, 0.3) is 0 Å². The molecule has 0 radical (unpaired) electrons. The van der Waals surface area contributed by atoms with Crippen molar-refractivity contribution < 1.29 is 28.0 Å². The number of anilines is 1. The van der Waals surface area contributed by atoms with Gasteiger partial charge in [0.05, 0.1) is 18.4 Å². The predicted molar refractivity (Wildman–Crippen MR) is 105 cm³/mol. The van der Waals surface area contributed by atoms with Gasteiger partial charge in [0.25, 0.3) is 5.91 Å². The van der Waals surface area contributed by atoms with Crippen molar-refractivity contribution in [2.45, 2.75) is 24.8 Å². The van der Waals surface area contributed by atoms with Crippen LogP contribution >= 0.6 is 0 Å². The Morgan fingerprint density at radius 1 is 1.28 bits per heavy atom. The van der Waals surface area contributed by atoms with Crippen molar-refractivity contribution in [2.75, 3.05) is 19.6 Å². The van der Waals surface area contributed by atoms with Gasteiger partial charge >= 0.3 is 0 Å². The number of amides is 1. The summed E-state index contributed by atoms with van der Waals surface area (Å²) in [6.07, 6.45) is -0.992. The van der Waals surface area contributed by atoms with E-state index in [0.29, 0.717) is 21.4 Å². The zero-order chi connectivity index (χ0) is 21.6. The zero-order valence-electron chi connectivity index (χ0n) is 16.3. The number of ether oxygens (including phenoxy) is 2. The van der Waals surface area contributed by atoms with E-state index in [2.05, 4.69) is 5.48 Å². The van der Waals surface area contributed by atoms with Crippen LogP contribution in [0.1, 0.15) is 18.1 Å². The van der Waals surface area contributed by atoms with Crippen molar-refractivity contribution in [1.29, 1.82) is 5.26 Å². The van der Waals surface area contributed by atoms with Gasteiger partial charge in [-0.1, -0.05) is 6.07 Å². The molecular formula is C19H21N3O6S. The Labute approximate surface area is 171 Å². The highest BCUT2D eigenvalue weighted by Crippen LogP contribution is 2.26. The number of hydrogen-bond acceptors (Lipinski definition) is 8. The summed E-state index contributed by atoms with van der Waals surface area (Å²) in [7, 11) is 2.65. The molecular weight excluding hydrogens is 398 g/mol. The minimum Gasteiger partial charge on any atom is -0.495 e. The molecule has 0 aliphatic heterocycles. The molecule has 2 N–H and O–H groups in total. The highest BCUT2D eigenvalue weighted by Gasteiger charge is 2.20. The fraction of sp³-hybridized carbons (Fsp3) is 0.263. The topological polar surface area (TPSA) is 121 Å². The molecule has 0 spiro atoms. The number of hydroxylamine groups is 2. The van der Waals surface area contributed by atoms with E-state index in [1.165, 1.54) is 39.3 Å². The molecule has 0 heterocycles. The minimum atomic E-state index is -1.87. The van der Waals surface area contributed by atoms with E-state index in [1.54, 1.807) is 12.1 Å². The van der Waals surface area contributed by atoms with Crippen molar-refractivity contribution >= 4 is 22.7 Å². The summed E-state index contributed by atoms with van der Waals surface area (Å²) in [5.74, 6) is -0.0890. The summed E-state index contributed by atoms with van der Waals surface area (Å²) in [5, 5.41) is 18.9. The lowest BCUT2D eigenvalue weighted by molar-refractivity contribution is -0.166. The van der Waals surface area contributed by atoms with Crippen LogP contribution in [-0.4, -0.2) is 40.6 Å². The molecule has 2 unspecified atom stereocenters. The molecule has 2 atom stereocenters. The quantitative estimate of drug-likeness (QED) is 0.495. The molecule has 0 aromatic heterocycles. The van der Waals surface area contributed by atoms with Gasteiger partial charge < -0.3 is 9.47 Å². The number of benzene rings is 2. The third kappa shape index (κ3) is 5.68. The molecule has 2 aromatic rings. The second-order valence-corrected chi connectivity index (χ2v) is 7.09. The van der Waals surface area contributed by atoms with E-state index in [1.807, 2.05) is 19.1 Å². The Hall–Kier alpha value is -3.13. The summed E-state index contributed by atoms with van der Waals surface area (Å²) < 4.78 is 28.3. The Bertz CT molecular complexity index is 957. The van der Waals surface area contributed by atoms with Gasteiger partial charge in [-0.25, -0.2) is 9.27 Å². The minimum absolute atomic E-state index is 0.123. The predicted octanol–water partition coefficient (Wildman–Crippen LogP) is 2.56. The van der Waals surface area contributed by atoms with Crippen molar-refractivity contribution in [3.63, 3.8) is 0 Å². The van der Waals surface area contributed by atoms with Gasteiger partial charge in [0, 0.05) is 7.05 Å². The van der Waals surface area contributed by atoms with E-state index in [-0.39, 0.29) is 11.3 Å². The van der Waals surface area contributed by atoms with Crippen LogP contribution in [0.5, 0.6) is 11.5 Å². The van der Waals surface area contributed by atoms with Gasteiger partial charge in [0.2, 0.25) is 11.1 Å². The Balaban J connectivity index is 2.11. The van der Waals surface area contributed by atoms with Crippen LogP contribution in [0.4, 0.5) is 5.69 Å². The number of methoxy groups -OCH3 is 1. The number of nitrogens with zero attached hydrogens (tertiary/aromatic N) is 2. The normalized spacial score (nSPS) is 12.4. The highest BCUT2D eigenvalue weighted by atomic mass is 32.2. The first-order valence-electron chi connectivity index (χ1n) is 8.43. The lowest BCUT2D eigenvalue weighted by Crippen LogP contribution is -2.35. The molecule has 154 valence electrons. The van der Waals surface area contributed by atoms with Gasteiger partial charge in [0.15, 0.2) is 6.10 Å². The molecule has 10 heteroatoms. The van der Waals surface area contributed by atoms with Crippen LogP contribution in [-0.2, 0) is 20.2 Å². The van der Waals surface area contributed by atoms with Gasteiger partial charge in [-0.15, -0.1) is 0 Å². The fourth-order valence-corrected chi connectivity index (χ4v) is 3.19. The Kier molecular flexibility index (Phi) is 7.55. The lowest BCUT2D eigenvalue weighted by Gasteiger charge is -2.18. The van der Waals surface area contributed by atoms with Gasteiger partial charge in [-0.2, -0.15) is 9.55 Å². The van der Waals surface area contributed by atoms with E-state index in [4.69, 9.17) is 13.8 Å². The van der Waals surface area contributed by atoms with E-state index in [9.17, 15) is 19.5 Å². The maximum atomic E-state index is 12.4. The van der Waals surface area contributed by atoms with Crippen molar-refractivity contribution in [2.24, 2.45) is 0 Å². The number of rotatable bonds is 8. The summed E-state index contributed by atoms with van der Waals surface area (Å²) in [5.41, 5.74) is 3.90. The molecule has 2 aromatic carbocycles. The third-order valence-corrected chi connectivity index (χ3v) is 4.72. The molecule has 9 nitrogen and oxygen atoms in total. The first kappa shape index (κ1) is 22.2. The second kappa shape index (κ2) is 9.88. The average Bonchev–Trinajstić information content (AvgIpc) is 2.71. The van der Waals surface area contributed by atoms with Crippen molar-refractivity contribution in [1.82, 2.24) is 5.06 Å². The molecule has 0 bridgehead atoms. The molecule has 2 rings (SSSR count). The van der Waals surface area contributed by atoms with Gasteiger partial charge in [-0.3, -0.25) is 15.5 Å². The Morgan fingerprint density at radius 3 is 2.59 bits per heavy atom. The van der Waals surface area contributed by atoms with Crippen LogP contribution in [0.15, 0.2) is 41.3 Å². The van der Waals surface area contributed by atoms with Crippen LogP contribution in [0, 0.1) is 18.3 Å². The summed E-state index contributed by atoms with van der Waals surface area (Å²) in [4.78, 5) is 12.1. The third-order valence-electron chi connectivity index (χ3n) is 3.80.